The third-order valence-electron chi connectivity index (χ3n) is 7.05. The third-order valence-corrected chi connectivity index (χ3v) is 7.05. The molecule has 8 heteroatoms. The maximum atomic E-state index is 12.7. The van der Waals surface area contributed by atoms with Gasteiger partial charge in [-0.1, -0.05) is 0 Å². The minimum atomic E-state index is -0.00553. The first-order valence-corrected chi connectivity index (χ1v) is 12.3. The van der Waals surface area contributed by atoms with Crippen molar-refractivity contribution in [3.05, 3.63) is 0 Å². The second-order valence-corrected chi connectivity index (χ2v) is 9.52. The highest BCUT2D eigenvalue weighted by Gasteiger charge is 2.30. The van der Waals surface area contributed by atoms with E-state index in [2.05, 4.69) is 47.7 Å². The Bertz CT molecular complexity index is 572. The maximum absolute atomic E-state index is 12.7. The average molecular weight is 549 g/mol. The summed E-state index contributed by atoms with van der Waals surface area (Å²) in [7, 11) is 0. The fourth-order valence-electron chi connectivity index (χ4n) is 5.04. The molecule has 0 aromatic carbocycles. The van der Waals surface area contributed by atoms with Gasteiger partial charge in [0.15, 0.2) is 5.96 Å². The van der Waals surface area contributed by atoms with Crippen molar-refractivity contribution < 1.29 is 4.79 Å². The lowest BCUT2D eigenvalue weighted by Crippen LogP contribution is -2.57. The summed E-state index contributed by atoms with van der Waals surface area (Å²) in [5.74, 6) is 2.03. The van der Waals surface area contributed by atoms with Crippen LogP contribution in [-0.2, 0) is 4.79 Å². The quantitative estimate of drug-likeness (QED) is 0.314. The van der Waals surface area contributed by atoms with Crippen LogP contribution in [0.4, 0.5) is 0 Å². The Balaban J connectivity index is 0.00000341. The molecule has 1 amide bonds. The second kappa shape index (κ2) is 13.2. The molecule has 3 heterocycles. The molecule has 180 valence electrons. The lowest BCUT2D eigenvalue weighted by molar-refractivity contribution is -0.135. The van der Waals surface area contributed by atoms with Crippen LogP contribution in [0.5, 0.6) is 0 Å². The van der Waals surface area contributed by atoms with Crippen LogP contribution in [0.1, 0.15) is 53.4 Å². The number of hydrogen-bond acceptors (Lipinski definition) is 4. The van der Waals surface area contributed by atoms with Gasteiger partial charge in [0.1, 0.15) is 0 Å². The van der Waals surface area contributed by atoms with Gasteiger partial charge in [-0.15, -0.1) is 24.0 Å². The van der Waals surface area contributed by atoms with E-state index >= 15 is 0 Å². The summed E-state index contributed by atoms with van der Waals surface area (Å²) < 4.78 is 0. The second-order valence-electron chi connectivity index (χ2n) is 9.52. The van der Waals surface area contributed by atoms with Gasteiger partial charge in [0.25, 0.3) is 0 Å². The van der Waals surface area contributed by atoms with Gasteiger partial charge in [0.05, 0.1) is 6.04 Å². The van der Waals surface area contributed by atoms with E-state index in [-0.39, 0.29) is 30.0 Å². The normalized spacial score (nSPS) is 24.9. The molecule has 0 aliphatic carbocycles. The zero-order valence-corrected chi connectivity index (χ0v) is 22.5. The molecule has 1 N–H and O–H groups in total. The van der Waals surface area contributed by atoms with Gasteiger partial charge in [-0.2, -0.15) is 0 Å². The molecule has 2 atom stereocenters. The smallest absolute Gasteiger partial charge is 0.239 e. The first-order chi connectivity index (χ1) is 14.5. The number of carbonyl (C=O) groups is 1. The number of amides is 1. The van der Waals surface area contributed by atoms with Crippen LogP contribution in [0.2, 0.25) is 0 Å². The summed E-state index contributed by atoms with van der Waals surface area (Å²) in [5.41, 5.74) is 0. The first-order valence-electron chi connectivity index (χ1n) is 12.3. The Labute approximate surface area is 207 Å². The summed E-state index contributed by atoms with van der Waals surface area (Å²) >= 11 is 0. The van der Waals surface area contributed by atoms with Crippen LogP contribution in [0, 0.1) is 5.92 Å². The topological polar surface area (TPSA) is 54.4 Å². The van der Waals surface area contributed by atoms with Crippen LogP contribution in [-0.4, -0.2) is 109 Å². The average Bonchev–Trinajstić information content (AvgIpc) is 3.31. The molecule has 0 bridgehead atoms. The number of piperazine rings is 1. The largest absolute Gasteiger partial charge is 0.357 e. The lowest BCUT2D eigenvalue weighted by Gasteiger charge is -2.40. The minimum Gasteiger partial charge on any atom is -0.357 e. The predicted octanol–water partition coefficient (Wildman–Crippen LogP) is 2.32. The van der Waals surface area contributed by atoms with Crippen molar-refractivity contribution >= 4 is 35.8 Å². The Morgan fingerprint density at radius 3 is 2.23 bits per heavy atom. The summed E-state index contributed by atoms with van der Waals surface area (Å²) in [6.45, 7) is 18.6. The van der Waals surface area contributed by atoms with E-state index in [0.29, 0.717) is 17.9 Å². The number of hydrogen-bond donors (Lipinski definition) is 1. The highest BCUT2D eigenvalue weighted by Crippen LogP contribution is 2.19. The van der Waals surface area contributed by atoms with Crippen molar-refractivity contribution in [1.82, 2.24) is 24.9 Å². The van der Waals surface area contributed by atoms with Crippen molar-refractivity contribution in [2.24, 2.45) is 10.9 Å². The molecular weight excluding hydrogens is 503 g/mol. The molecule has 0 aromatic rings. The van der Waals surface area contributed by atoms with Crippen LogP contribution in [0.15, 0.2) is 4.99 Å². The van der Waals surface area contributed by atoms with E-state index in [1.165, 1.54) is 25.9 Å². The molecule has 31 heavy (non-hydrogen) atoms. The highest BCUT2D eigenvalue weighted by atomic mass is 127. The van der Waals surface area contributed by atoms with Crippen molar-refractivity contribution in [2.45, 2.75) is 65.5 Å². The lowest BCUT2D eigenvalue weighted by atomic mass is 9.97. The summed E-state index contributed by atoms with van der Waals surface area (Å²) in [5, 5.41) is 3.51. The van der Waals surface area contributed by atoms with Gasteiger partial charge < -0.3 is 20.0 Å². The predicted molar refractivity (Wildman–Crippen MR) is 139 cm³/mol. The monoisotopic (exact) mass is 548 g/mol. The number of rotatable bonds is 6. The number of nitrogens with one attached hydrogen (secondary N) is 1. The molecular formula is C23H45IN6O. The fraction of sp³-hybridized carbons (Fsp3) is 0.913. The van der Waals surface area contributed by atoms with Crippen molar-refractivity contribution in [3.63, 3.8) is 0 Å². The molecule has 0 saturated carbocycles. The van der Waals surface area contributed by atoms with Crippen molar-refractivity contribution in [1.29, 1.82) is 0 Å². The van der Waals surface area contributed by atoms with E-state index in [1.807, 2.05) is 4.90 Å². The van der Waals surface area contributed by atoms with Gasteiger partial charge in [-0.25, -0.2) is 0 Å². The Morgan fingerprint density at radius 2 is 1.61 bits per heavy atom. The zero-order chi connectivity index (χ0) is 21.5. The maximum Gasteiger partial charge on any atom is 0.239 e. The fourth-order valence-corrected chi connectivity index (χ4v) is 5.04. The molecule has 0 aromatic heterocycles. The van der Waals surface area contributed by atoms with Crippen LogP contribution in [0.25, 0.3) is 0 Å². The number of guanidine groups is 1. The molecule has 3 aliphatic rings. The van der Waals surface area contributed by atoms with Crippen molar-refractivity contribution in [2.75, 3.05) is 65.4 Å². The number of aliphatic imine (C=N–C) groups is 1. The van der Waals surface area contributed by atoms with E-state index in [1.54, 1.807) is 0 Å². The summed E-state index contributed by atoms with van der Waals surface area (Å²) in [4.78, 5) is 27.2. The molecule has 3 fully saturated rings. The number of likely N-dealkylation sites (tertiary alicyclic amines) is 2. The van der Waals surface area contributed by atoms with Crippen LogP contribution < -0.4 is 5.32 Å². The molecule has 0 spiro atoms. The number of nitrogens with zero attached hydrogens (tertiary/aromatic N) is 5. The number of carbonyl (C=O) groups excluding carboxylic acids is 1. The number of piperidine rings is 1. The zero-order valence-electron chi connectivity index (χ0n) is 20.2. The molecule has 3 saturated heterocycles. The van der Waals surface area contributed by atoms with Gasteiger partial charge >= 0.3 is 0 Å². The molecule has 3 rings (SSSR count). The molecule has 0 radical (unpaired) electrons. The first kappa shape index (κ1) is 26.6. The Hall–Kier alpha value is -0.610. The summed E-state index contributed by atoms with van der Waals surface area (Å²) in [6.07, 6.45) is 4.89. The minimum absolute atomic E-state index is 0. The molecule has 2 unspecified atom stereocenters. The SMILES string of the molecule is CCNC(=NCC1CCCN(C(C)C)C1)N1CCN(C(C)C(=O)N2CCCC2)CC1.I. The molecule has 7 nitrogen and oxygen atoms in total. The Morgan fingerprint density at radius 1 is 0.935 bits per heavy atom. The van der Waals surface area contributed by atoms with Crippen LogP contribution in [0.3, 0.4) is 0 Å². The van der Waals surface area contributed by atoms with Gasteiger partial charge in [0, 0.05) is 64.9 Å². The van der Waals surface area contributed by atoms with E-state index in [9.17, 15) is 4.79 Å². The standard InChI is InChI=1S/C23H44N6O.HI/c1-5-24-23(25-17-21-9-8-12-29(18-21)19(2)3)28-15-13-26(14-16-28)20(4)22(30)27-10-6-7-11-27;/h19-21H,5-18H2,1-4H3,(H,24,25);1H. The van der Waals surface area contributed by atoms with Gasteiger partial charge in [-0.05, 0) is 65.8 Å². The van der Waals surface area contributed by atoms with E-state index in [4.69, 9.17) is 4.99 Å². The van der Waals surface area contributed by atoms with Crippen LogP contribution >= 0.6 is 24.0 Å². The van der Waals surface area contributed by atoms with Crippen molar-refractivity contribution in [3.8, 4) is 0 Å². The van der Waals surface area contributed by atoms with Gasteiger partial charge in [0.2, 0.25) is 5.91 Å². The number of halogens is 1. The summed E-state index contributed by atoms with van der Waals surface area (Å²) in [6, 6.07) is 0.623. The van der Waals surface area contributed by atoms with E-state index in [0.717, 1.165) is 71.2 Å². The third kappa shape index (κ3) is 7.45. The Kier molecular flexibility index (Phi) is 11.3. The van der Waals surface area contributed by atoms with Gasteiger partial charge in [-0.3, -0.25) is 14.7 Å². The van der Waals surface area contributed by atoms with E-state index < -0.39 is 0 Å². The highest BCUT2D eigenvalue weighted by molar-refractivity contribution is 14.0. The molecule has 3 aliphatic heterocycles.